The number of methoxy groups -OCH3 is 1. The lowest BCUT2D eigenvalue weighted by atomic mass is 10.1. The molecule has 1 saturated carbocycles. The third kappa shape index (κ3) is 3.94. The minimum absolute atomic E-state index is 0.103. The Labute approximate surface area is 210 Å². The average Bonchev–Trinajstić information content (AvgIpc) is 3.23. The van der Waals surface area contributed by atoms with Crippen molar-refractivity contribution in [2.45, 2.75) is 24.9 Å². The van der Waals surface area contributed by atoms with Gasteiger partial charge in [0.25, 0.3) is 17.0 Å². The van der Waals surface area contributed by atoms with Gasteiger partial charge in [0, 0.05) is 23.8 Å². The Hall–Kier alpha value is -3.43. The van der Waals surface area contributed by atoms with Crippen molar-refractivity contribution in [3.8, 4) is 15.6 Å². The molecule has 0 spiro atoms. The molecule has 2 amide bonds. The number of amides is 2. The summed E-state index contributed by atoms with van der Waals surface area (Å²) in [5, 5.41) is 4.02. The molecule has 0 radical (unpaired) electrons. The van der Waals surface area contributed by atoms with E-state index in [-0.39, 0.29) is 23.9 Å². The highest BCUT2D eigenvalue weighted by Gasteiger charge is 2.54. The number of nitrogens with zero attached hydrogens (tertiary/aromatic N) is 4. The molecule has 3 aromatic heterocycles. The van der Waals surface area contributed by atoms with Crippen molar-refractivity contribution in [3.05, 3.63) is 71.3 Å². The number of rotatable bonds is 6. The van der Waals surface area contributed by atoms with Gasteiger partial charge in [-0.25, -0.2) is 4.98 Å². The molecule has 4 heterocycles. The van der Waals surface area contributed by atoms with Crippen molar-refractivity contribution in [3.63, 3.8) is 0 Å². The van der Waals surface area contributed by atoms with Crippen LogP contribution in [0.2, 0.25) is 5.02 Å². The van der Waals surface area contributed by atoms with Gasteiger partial charge >= 0.3 is 0 Å². The van der Waals surface area contributed by atoms with Gasteiger partial charge in [-0.1, -0.05) is 41.1 Å². The van der Waals surface area contributed by atoms with Crippen LogP contribution >= 0.6 is 22.9 Å². The summed E-state index contributed by atoms with van der Waals surface area (Å²) in [7, 11) is 1.54. The van der Waals surface area contributed by atoms with E-state index in [1.165, 1.54) is 11.3 Å². The number of carbonyl (C=O) groups excluding carboxylic acids is 2. The van der Waals surface area contributed by atoms with Gasteiger partial charge in [0.1, 0.15) is 11.3 Å². The predicted octanol–water partition coefficient (Wildman–Crippen LogP) is 4.15. The van der Waals surface area contributed by atoms with Crippen molar-refractivity contribution < 1.29 is 14.3 Å². The second kappa shape index (κ2) is 8.66. The summed E-state index contributed by atoms with van der Waals surface area (Å²) in [6.45, 7) is 0.366. The maximum absolute atomic E-state index is 13.8. The average molecular weight is 508 g/mol. The zero-order valence-electron chi connectivity index (χ0n) is 18.8. The number of nitrogens with one attached hydrogen (secondary N) is 1. The summed E-state index contributed by atoms with van der Waals surface area (Å²) in [5.74, 6) is 0.108. The normalized spacial score (nSPS) is 20.6. The number of hydrogen-bond acceptors (Lipinski definition) is 6. The van der Waals surface area contributed by atoms with Crippen LogP contribution in [0.5, 0.6) is 5.19 Å². The van der Waals surface area contributed by atoms with Crippen molar-refractivity contribution in [1.82, 2.24) is 24.6 Å². The number of imidazole rings is 1. The van der Waals surface area contributed by atoms with E-state index < -0.39 is 0 Å². The summed E-state index contributed by atoms with van der Waals surface area (Å²) in [5.41, 5.74) is 2.36. The number of thiazole rings is 1. The largest absolute Gasteiger partial charge is 0.473 e. The number of pyridine rings is 1. The number of benzene rings is 1. The van der Waals surface area contributed by atoms with Crippen LogP contribution < -0.4 is 10.1 Å². The van der Waals surface area contributed by atoms with Crippen molar-refractivity contribution in [2.75, 3.05) is 13.7 Å². The number of likely N-dealkylation sites (tertiary alicyclic amines) is 1. The van der Waals surface area contributed by atoms with Crippen LogP contribution in [0, 0.1) is 5.92 Å². The Kier molecular flexibility index (Phi) is 5.46. The number of carbonyl (C=O) groups is 2. The van der Waals surface area contributed by atoms with E-state index in [2.05, 4.69) is 15.3 Å². The first-order valence-electron chi connectivity index (χ1n) is 11.4. The summed E-state index contributed by atoms with van der Waals surface area (Å²) < 4.78 is 7.11. The van der Waals surface area contributed by atoms with E-state index in [0.29, 0.717) is 39.7 Å². The molecule has 1 aliphatic heterocycles. The van der Waals surface area contributed by atoms with Crippen LogP contribution in [0.4, 0.5) is 0 Å². The fraction of sp³-hybridized carbons (Fsp3) is 0.280. The van der Waals surface area contributed by atoms with Crippen molar-refractivity contribution in [1.29, 1.82) is 0 Å². The number of fused-ring (bicyclic) bond motifs is 2. The van der Waals surface area contributed by atoms with Gasteiger partial charge in [-0.15, -0.1) is 0 Å². The van der Waals surface area contributed by atoms with E-state index >= 15 is 0 Å². The molecule has 8 nitrogen and oxygen atoms in total. The maximum Gasteiger partial charge on any atom is 0.274 e. The molecular formula is C25H22ClN5O3S. The molecule has 1 aliphatic carbocycles. The summed E-state index contributed by atoms with van der Waals surface area (Å²) in [6.07, 6.45) is 5.22. The van der Waals surface area contributed by atoms with Gasteiger partial charge in [0.05, 0.1) is 24.2 Å². The molecule has 4 aromatic rings. The lowest BCUT2D eigenvalue weighted by molar-refractivity contribution is 0.0683. The lowest BCUT2D eigenvalue weighted by Gasteiger charge is -2.27. The molecule has 10 heteroatoms. The molecule has 35 heavy (non-hydrogen) atoms. The first-order chi connectivity index (χ1) is 17.0. The number of aromatic nitrogens is 3. The molecule has 1 N–H and O–H groups in total. The molecule has 2 aliphatic rings. The summed E-state index contributed by atoms with van der Waals surface area (Å²) >= 11 is 7.53. The summed E-state index contributed by atoms with van der Waals surface area (Å²) in [4.78, 5) is 38.1. The Morgan fingerprint density at radius 2 is 2.11 bits per heavy atom. The highest BCUT2D eigenvalue weighted by Crippen LogP contribution is 2.49. The number of piperidine rings is 1. The Morgan fingerprint density at radius 3 is 2.94 bits per heavy atom. The van der Waals surface area contributed by atoms with Crippen LogP contribution in [0.3, 0.4) is 0 Å². The lowest BCUT2D eigenvalue weighted by Crippen LogP contribution is -2.45. The van der Waals surface area contributed by atoms with Crippen LogP contribution in [0.15, 0.2) is 54.9 Å². The van der Waals surface area contributed by atoms with Gasteiger partial charge in [0.2, 0.25) is 0 Å². The van der Waals surface area contributed by atoms with Crippen molar-refractivity contribution >= 4 is 40.4 Å². The van der Waals surface area contributed by atoms with Gasteiger partial charge in [-0.2, -0.15) is 4.98 Å². The smallest absolute Gasteiger partial charge is 0.274 e. The maximum atomic E-state index is 13.8. The van der Waals surface area contributed by atoms with E-state index in [1.807, 2.05) is 47.5 Å². The molecular weight excluding hydrogens is 486 g/mol. The zero-order chi connectivity index (χ0) is 24.1. The van der Waals surface area contributed by atoms with E-state index in [0.717, 1.165) is 23.3 Å². The predicted molar refractivity (Wildman–Crippen MR) is 133 cm³/mol. The SMILES string of the molecule is COc1nc(C(=O)N2[C@H](CNC(=O)c3cnc4ccccn34)C[C@@H]3C[C@@H]32)c(-c2cccc(Cl)c2)s1. The third-order valence-corrected chi connectivity index (χ3v) is 7.97. The molecule has 3 atom stereocenters. The number of ether oxygens (including phenoxy) is 1. The van der Waals surface area contributed by atoms with E-state index in [4.69, 9.17) is 16.3 Å². The third-order valence-electron chi connectivity index (χ3n) is 6.66. The van der Waals surface area contributed by atoms with Crippen LogP contribution in [-0.4, -0.2) is 56.8 Å². The molecule has 2 fully saturated rings. The fourth-order valence-electron chi connectivity index (χ4n) is 4.94. The quantitative estimate of drug-likeness (QED) is 0.423. The molecule has 1 saturated heterocycles. The first kappa shape index (κ1) is 22.1. The Bertz CT molecular complexity index is 1450. The van der Waals surface area contributed by atoms with Crippen molar-refractivity contribution in [2.24, 2.45) is 5.92 Å². The second-order valence-corrected chi connectivity index (χ2v) is 10.2. The highest BCUT2D eigenvalue weighted by atomic mass is 35.5. The van der Waals surface area contributed by atoms with Crippen LogP contribution in [0.25, 0.3) is 16.1 Å². The molecule has 6 rings (SSSR count). The van der Waals surface area contributed by atoms with Gasteiger partial charge in [-0.3, -0.25) is 14.0 Å². The Balaban J connectivity index is 1.24. The summed E-state index contributed by atoms with van der Waals surface area (Å²) in [6, 6.07) is 13.0. The molecule has 0 unspecified atom stereocenters. The standard InChI is InChI=1S/C25H22ClN5O3S/c1-34-25-29-21(22(35-25)14-5-4-6-16(26)9-14)24(33)31-17(10-15-11-18(15)31)12-28-23(32)19-13-27-20-7-2-3-8-30(19)20/h2-9,13,15,17-18H,10-12H2,1H3,(H,28,32)/t15-,17+,18+/m1/s1. The number of hydrogen-bond donors (Lipinski definition) is 1. The molecule has 178 valence electrons. The first-order valence-corrected chi connectivity index (χ1v) is 12.6. The highest BCUT2D eigenvalue weighted by molar-refractivity contribution is 7.17. The van der Waals surface area contributed by atoms with Crippen LogP contribution in [0.1, 0.15) is 33.8 Å². The van der Waals surface area contributed by atoms with Gasteiger partial charge in [0.15, 0.2) is 5.69 Å². The monoisotopic (exact) mass is 507 g/mol. The molecule has 1 aromatic carbocycles. The van der Waals surface area contributed by atoms with Crippen LogP contribution in [-0.2, 0) is 0 Å². The van der Waals surface area contributed by atoms with Gasteiger partial charge < -0.3 is 15.0 Å². The van der Waals surface area contributed by atoms with E-state index in [1.54, 1.807) is 23.8 Å². The molecule has 0 bridgehead atoms. The minimum atomic E-state index is -0.216. The van der Waals surface area contributed by atoms with E-state index in [9.17, 15) is 9.59 Å². The number of halogens is 1. The Morgan fingerprint density at radius 1 is 1.23 bits per heavy atom. The zero-order valence-corrected chi connectivity index (χ0v) is 20.4. The van der Waals surface area contributed by atoms with Gasteiger partial charge in [-0.05, 0) is 48.6 Å². The minimum Gasteiger partial charge on any atom is -0.473 e. The fourth-order valence-corrected chi connectivity index (χ4v) is 6.00. The second-order valence-electron chi connectivity index (χ2n) is 8.82. The topological polar surface area (TPSA) is 88.8 Å².